The van der Waals surface area contributed by atoms with Gasteiger partial charge >= 0.3 is 0 Å². The minimum Gasteiger partial charge on any atom is -0.353 e. The molecule has 1 saturated carbocycles. The van der Waals surface area contributed by atoms with Gasteiger partial charge in [0.25, 0.3) is 0 Å². The number of aromatic nitrogens is 2. The molecular weight excluding hydrogens is 388 g/mol. The Morgan fingerprint density at radius 2 is 1.86 bits per heavy atom. The van der Waals surface area contributed by atoms with Crippen molar-refractivity contribution in [1.29, 1.82) is 0 Å². The molecule has 1 aromatic carbocycles. The molecule has 2 aromatic rings. The third-order valence-corrected chi connectivity index (χ3v) is 7.79. The third kappa shape index (κ3) is 3.96. The number of sulfonamides is 1. The molecule has 1 atom stereocenters. The van der Waals surface area contributed by atoms with Crippen LogP contribution in [-0.4, -0.2) is 40.8 Å². The number of imidazole rings is 1. The Labute approximate surface area is 172 Å². The van der Waals surface area contributed by atoms with Crippen LogP contribution in [0.4, 0.5) is 0 Å². The number of fused-ring (bicyclic) bond motifs is 1. The highest BCUT2D eigenvalue weighted by molar-refractivity contribution is 7.89. The Hall–Kier alpha value is -2.19. The zero-order valence-corrected chi connectivity index (χ0v) is 18.0. The van der Waals surface area contributed by atoms with Crippen LogP contribution in [-0.2, 0) is 27.8 Å². The molecule has 1 fully saturated rings. The molecule has 156 valence electrons. The lowest BCUT2D eigenvalue weighted by molar-refractivity contribution is -0.121. The van der Waals surface area contributed by atoms with Gasteiger partial charge in [0.1, 0.15) is 5.82 Å². The van der Waals surface area contributed by atoms with Crippen LogP contribution in [0.2, 0.25) is 0 Å². The molecule has 0 bridgehead atoms. The van der Waals surface area contributed by atoms with Crippen LogP contribution in [0.15, 0.2) is 29.3 Å². The maximum absolute atomic E-state index is 13.3. The first kappa shape index (κ1) is 20.1. The fourth-order valence-electron chi connectivity index (χ4n) is 4.15. The van der Waals surface area contributed by atoms with Gasteiger partial charge in [-0.25, -0.2) is 13.4 Å². The summed E-state index contributed by atoms with van der Waals surface area (Å²) in [7, 11) is -3.62. The number of carbonyl (C=O) groups excluding carboxylic acids is 1. The number of carbonyl (C=O) groups is 1. The van der Waals surface area contributed by atoms with Crippen LogP contribution in [0.5, 0.6) is 0 Å². The minimum atomic E-state index is -3.62. The molecule has 1 N–H and O–H groups in total. The fourth-order valence-corrected chi connectivity index (χ4v) is 5.93. The van der Waals surface area contributed by atoms with Crippen molar-refractivity contribution < 1.29 is 13.2 Å². The maximum atomic E-state index is 13.3. The van der Waals surface area contributed by atoms with E-state index in [1.54, 1.807) is 12.1 Å². The summed E-state index contributed by atoms with van der Waals surface area (Å²) in [5.74, 6) is 0.674. The molecule has 1 amide bonds. The highest BCUT2D eigenvalue weighted by Crippen LogP contribution is 2.31. The minimum absolute atomic E-state index is 0.0162. The monoisotopic (exact) mass is 416 g/mol. The SMILES string of the molecule is Cc1cc(C)cc(S(=O)(=O)N2CCn3cc(CC(=O)NC4CCC4)nc3C2C)c1. The Bertz CT molecular complexity index is 1020. The van der Waals surface area contributed by atoms with Crippen molar-refractivity contribution in [3.63, 3.8) is 0 Å². The van der Waals surface area contributed by atoms with Crippen molar-refractivity contribution >= 4 is 15.9 Å². The van der Waals surface area contributed by atoms with E-state index in [0.29, 0.717) is 35.5 Å². The van der Waals surface area contributed by atoms with E-state index < -0.39 is 16.1 Å². The summed E-state index contributed by atoms with van der Waals surface area (Å²) in [6, 6.07) is 5.31. The molecule has 0 saturated heterocycles. The lowest BCUT2D eigenvalue weighted by Gasteiger charge is -2.32. The van der Waals surface area contributed by atoms with Crippen molar-refractivity contribution in [2.75, 3.05) is 6.54 Å². The van der Waals surface area contributed by atoms with Crippen molar-refractivity contribution in [2.24, 2.45) is 0 Å². The van der Waals surface area contributed by atoms with Crippen LogP contribution < -0.4 is 5.32 Å². The second-order valence-corrected chi connectivity index (χ2v) is 10.2. The molecule has 1 aromatic heterocycles. The van der Waals surface area contributed by atoms with Gasteiger partial charge in [-0.05, 0) is 63.3 Å². The number of nitrogens with zero attached hydrogens (tertiary/aromatic N) is 3. The molecule has 4 rings (SSSR count). The van der Waals surface area contributed by atoms with Crippen LogP contribution in [0.25, 0.3) is 0 Å². The smallest absolute Gasteiger partial charge is 0.243 e. The van der Waals surface area contributed by atoms with Gasteiger partial charge in [-0.2, -0.15) is 4.31 Å². The van der Waals surface area contributed by atoms with E-state index in [0.717, 1.165) is 24.0 Å². The summed E-state index contributed by atoms with van der Waals surface area (Å²) < 4.78 is 30.1. The number of nitrogens with one attached hydrogen (secondary N) is 1. The van der Waals surface area contributed by atoms with Crippen LogP contribution in [0, 0.1) is 13.8 Å². The average molecular weight is 417 g/mol. The molecule has 1 unspecified atom stereocenters. The molecule has 2 heterocycles. The first-order valence-corrected chi connectivity index (χ1v) is 11.6. The largest absolute Gasteiger partial charge is 0.353 e. The fraction of sp³-hybridized carbons (Fsp3) is 0.524. The Morgan fingerprint density at radius 1 is 1.17 bits per heavy atom. The molecular formula is C21H28N4O3S. The summed E-state index contributed by atoms with van der Waals surface area (Å²) in [6.07, 6.45) is 5.38. The number of amides is 1. The Morgan fingerprint density at radius 3 is 2.48 bits per heavy atom. The van der Waals surface area contributed by atoms with E-state index >= 15 is 0 Å². The van der Waals surface area contributed by atoms with Gasteiger partial charge in [0, 0.05) is 25.3 Å². The second-order valence-electron chi connectivity index (χ2n) is 8.27. The van der Waals surface area contributed by atoms with Gasteiger partial charge < -0.3 is 9.88 Å². The molecule has 8 heteroatoms. The summed E-state index contributed by atoms with van der Waals surface area (Å²) in [5.41, 5.74) is 2.54. The molecule has 7 nitrogen and oxygen atoms in total. The van der Waals surface area contributed by atoms with E-state index in [9.17, 15) is 13.2 Å². The quantitative estimate of drug-likeness (QED) is 0.812. The molecule has 0 radical (unpaired) electrons. The summed E-state index contributed by atoms with van der Waals surface area (Å²) in [5, 5.41) is 3.03. The predicted molar refractivity (Wildman–Crippen MR) is 110 cm³/mol. The van der Waals surface area contributed by atoms with Crippen LogP contribution in [0.1, 0.15) is 54.9 Å². The number of hydrogen-bond acceptors (Lipinski definition) is 4. The molecule has 29 heavy (non-hydrogen) atoms. The zero-order chi connectivity index (χ0) is 20.8. The number of hydrogen-bond donors (Lipinski definition) is 1. The van der Waals surface area contributed by atoms with Gasteiger partial charge in [-0.15, -0.1) is 0 Å². The average Bonchev–Trinajstić information content (AvgIpc) is 3.01. The lowest BCUT2D eigenvalue weighted by atomic mass is 9.93. The van der Waals surface area contributed by atoms with Crippen molar-refractivity contribution in [3.05, 3.63) is 47.0 Å². The molecule has 1 aliphatic carbocycles. The topological polar surface area (TPSA) is 84.3 Å². The van der Waals surface area contributed by atoms with E-state index in [-0.39, 0.29) is 12.3 Å². The summed E-state index contributed by atoms with van der Waals surface area (Å²) in [6.45, 7) is 6.57. The standard InChI is InChI=1S/C21H28N4O3S/c1-14-9-15(2)11-19(10-14)29(27,28)25-8-7-24-13-18(23-21(24)16(25)3)12-20(26)22-17-5-4-6-17/h9-11,13,16-17H,4-8,12H2,1-3H3,(H,22,26). The first-order chi connectivity index (χ1) is 13.7. The third-order valence-electron chi connectivity index (χ3n) is 5.84. The normalized spacial score (nSPS) is 20.2. The van der Waals surface area contributed by atoms with Crippen LogP contribution >= 0.6 is 0 Å². The van der Waals surface area contributed by atoms with E-state index in [2.05, 4.69) is 10.3 Å². The lowest BCUT2D eigenvalue weighted by Crippen LogP contribution is -2.41. The number of rotatable bonds is 5. The highest BCUT2D eigenvalue weighted by Gasteiger charge is 2.35. The van der Waals surface area contributed by atoms with Gasteiger partial charge in [0.2, 0.25) is 15.9 Å². The summed E-state index contributed by atoms with van der Waals surface area (Å²) >= 11 is 0. The van der Waals surface area contributed by atoms with Gasteiger partial charge in [-0.1, -0.05) is 6.07 Å². The maximum Gasteiger partial charge on any atom is 0.243 e. The summed E-state index contributed by atoms with van der Waals surface area (Å²) in [4.78, 5) is 17.1. The Balaban J connectivity index is 1.54. The molecule has 0 spiro atoms. The zero-order valence-electron chi connectivity index (χ0n) is 17.2. The predicted octanol–water partition coefficient (Wildman–Crippen LogP) is 2.48. The van der Waals surface area contributed by atoms with E-state index in [1.807, 2.05) is 37.6 Å². The second kappa shape index (κ2) is 7.57. The van der Waals surface area contributed by atoms with E-state index in [1.165, 1.54) is 10.7 Å². The van der Waals surface area contributed by atoms with E-state index in [4.69, 9.17) is 0 Å². The van der Waals surface area contributed by atoms with Gasteiger partial charge in [-0.3, -0.25) is 4.79 Å². The Kier molecular flexibility index (Phi) is 5.25. The van der Waals surface area contributed by atoms with Crippen molar-refractivity contribution in [2.45, 2.75) is 70.0 Å². The number of aryl methyl sites for hydroxylation is 2. The molecule has 2 aliphatic rings. The van der Waals surface area contributed by atoms with Crippen molar-refractivity contribution in [3.8, 4) is 0 Å². The van der Waals surface area contributed by atoms with Gasteiger partial charge in [0.05, 0.1) is 23.1 Å². The van der Waals surface area contributed by atoms with Gasteiger partial charge in [0.15, 0.2) is 0 Å². The van der Waals surface area contributed by atoms with Crippen molar-refractivity contribution in [1.82, 2.24) is 19.2 Å². The first-order valence-electron chi connectivity index (χ1n) is 10.2. The highest BCUT2D eigenvalue weighted by atomic mass is 32.2. The van der Waals surface area contributed by atoms with Crippen LogP contribution in [0.3, 0.4) is 0 Å². The number of benzene rings is 1. The molecule has 1 aliphatic heterocycles.